The molecular formula is C15H25NO3. The van der Waals surface area contributed by atoms with Gasteiger partial charge in [-0.3, -0.25) is 19.3 Å². The molecule has 0 aromatic heterocycles. The summed E-state index contributed by atoms with van der Waals surface area (Å²) in [7, 11) is 0. The molecule has 4 heteroatoms. The Hall–Kier alpha value is -1.19. The molecule has 2 unspecified atom stereocenters. The Morgan fingerprint density at radius 2 is 1.84 bits per heavy atom. The zero-order valence-corrected chi connectivity index (χ0v) is 12.6. The van der Waals surface area contributed by atoms with Crippen LogP contribution >= 0.6 is 0 Å². The lowest BCUT2D eigenvalue weighted by molar-refractivity contribution is -0.143. The first-order valence-electron chi connectivity index (χ1n) is 7.18. The zero-order valence-electron chi connectivity index (χ0n) is 12.6. The molecule has 0 spiro atoms. The van der Waals surface area contributed by atoms with E-state index in [1.807, 2.05) is 34.6 Å². The van der Waals surface area contributed by atoms with E-state index in [-0.39, 0.29) is 47.8 Å². The van der Waals surface area contributed by atoms with Gasteiger partial charge in [0.1, 0.15) is 5.78 Å². The number of carbonyl (C=O) groups excluding carboxylic acids is 3. The summed E-state index contributed by atoms with van der Waals surface area (Å²) < 4.78 is 0. The topological polar surface area (TPSA) is 54.5 Å². The molecular weight excluding hydrogens is 242 g/mol. The van der Waals surface area contributed by atoms with Gasteiger partial charge in [0.15, 0.2) is 0 Å². The van der Waals surface area contributed by atoms with Crippen LogP contribution in [-0.4, -0.2) is 28.5 Å². The highest BCUT2D eigenvalue weighted by Crippen LogP contribution is 2.29. The maximum absolute atomic E-state index is 12.3. The van der Waals surface area contributed by atoms with E-state index in [0.717, 1.165) is 0 Å². The van der Waals surface area contributed by atoms with Gasteiger partial charge in [0.05, 0.1) is 0 Å². The molecule has 1 aliphatic heterocycles. The van der Waals surface area contributed by atoms with E-state index < -0.39 is 0 Å². The number of ketones is 1. The Morgan fingerprint density at radius 1 is 1.26 bits per heavy atom. The highest BCUT2D eigenvalue weighted by Gasteiger charge is 2.43. The largest absolute Gasteiger partial charge is 0.299 e. The van der Waals surface area contributed by atoms with E-state index in [1.165, 1.54) is 4.90 Å². The number of likely N-dealkylation sites (tertiary alicyclic amines) is 1. The van der Waals surface area contributed by atoms with E-state index in [9.17, 15) is 14.4 Å². The summed E-state index contributed by atoms with van der Waals surface area (Å²) in [6.45, 7) is 9.53. The van der Waals surface area contributed by atoms with Crippen molar-refractivity contribution in [3.63, 3.8) is 0 Å². The Bertz CT molecular complexity index is 374. The molecule has 108 valence electrons. The highest BCUT2D eigenvalue weighted by atomic mass is 16.2. The summed E-state index contributed by atoms with van der Waals surface area (Å²) in [6.07, 6.45) is 1.22. The van der Waals surface area contributed by atoms with E-state index in [4.69, 9.17) is 0 Å². The van der Waals surface area contributed by atoms with Gasteiger partial charge in [-0.05, 0) is 12.3 Å². The second-order valence-corrected chi connectivity index (χ2v) is 6.04. The molecule has 0 aromatic rings. The van der Waals surface area contributed by atoms with Crippen LogP contribution in [0.1, 0.15) is 53.9 Å². The minimum Gasteiger partial charge on any atom is -0.299 e. The van der Waals surface area contributed by atoms with Gasteiger partial charge in [-0.1, -0.05) is 34.6 Å². The molecule has 0 aromatic carbocycles. The Labute approximate surface area is 115 Å². The lowest BCUT2D eigenvalue weighted by Gasteiger charge is -2.26. The maximum atomic E-state index is 12.3. The van der Waals surface area contributed by atoms with Crippen molar-refractivity contribution in [2.75, 3.05) is 0 Å². The Balaban J connectivity index is 2.84. The van der Waals surface area contributed by atoms with Gasteiger partial charge in [0.25, 0.3) is 0 Å². The van der Waals surface area contributed by atoms with Crippen molar-refractivity contribution in [2.24, 2.45) is 17.8 Å². The fourth-order valence-corrected chi connectivity index (χ4v) is 2.47. The predicted octanol–water partition coefficient (Wildman–Crippen LogP) is 2.41. The second-order valence-electron chi connectivity index (χ2n) is 6.04. The highest BCUT2D eigenvalue weighted by molar-refractivity contribution is 6.04. The number of imide groups is 1. The van der Waals surface area contributed by atoms with Crippen molar-refractivity contribution < 1.29 is 14.4 Å². The normalized spacial score (nSPS) is 21.6. The van der Waals surface area contributed by atoms with Crippen molar-refractivity contribution in [1.29, 1.82) is 0 Å². The number of rotatable bonds is 6. The van der Waals surface area contributed by atoms with Gasteiger partial charge < -0.3 is 0 Å². The Kier molecular flexibility index (Phi) is 5.27. The molecule has 2 atom stereocenters. The standard InChI is InChI=1S/C15H25NO3/c1-6-11(7-13(17)10(4)5)16-14(18)8-12(9(2)3)15(16)19/h9-12H,6-8H2,1-5H3. The van der Waals surface area contributed by atoms with Crippen LogP contribution < -0.4 is 0 Å². The van der Waals surface area contributed by atoms with E-state index >= 15 is 0 Å². The van der Waals surface area contributed by atoms with E-state index in [0.29, 0.717) is 12.8 Å². The fraction of sp³-hybridized carbons (Fsp3) is 0.800. The zero-order chi connectivity index (χ0) is 14.7. The van der Waals surface area contributed by atoms with Crippen LogP contribution in [0.2, 0.25) is 0 Å². The van der Waals surface area contributed by atoms with Crippen LogP contribution in [0, 0.1) is 17.8 Å². The third-order valence-electron chi connectivity index (χ3n) is 3.94. The van der Waals surface area contributed by atoms with Gasteiger partial charge in [-0.15, -0.1) is 0 Å². The molecule has 2 amide bonds. The molecule has 0 radical (unpaired) electrons. The number of carbonyl (C=O) groups is 3. The van der Waals surface area contributed by atoms with Gasteiger partial charge in [-0.25, -0.2) is 0 Å². The average molecular weight is 267 g/mol. The molecule has 1 rings (SSSR count). The molecule has 4 nitrogen and oxygen atoms in total. The van der Waals surface area contributed by atoms with Crippen LogP contribution in [0.25, 0.3) is 0 Å². The first kappa shape index (κ1) is 15.9. The predicted molar refractivity (Wildman–Crippen MR) is 73.3 cm³/mol. The van der Waals surface area contributed by atoms with Gasteiger partial charge in [0.2, 0.25) is 11.8 Å². The summed E-state index contributed by atoms with van der Waals surface area (Å²) in [5.41, 5.74) is 0. The minimum absolute atomic E-state index is 0.0530. The molecule has 19 heavy (non-hydrogen) atoms. The van der Waals surface area contributed by atoms with Crippen molar-refractivity contribution >= 4 is 17.6 Å². The monoisotopic (exact) mass is 267 g/mol. The van der Waals surface area contributed by atoms with Crippen molar-refractivity contribution in [2.45, 2.75) is 59.9 Å². The molecule has 1 saturated heterocycles. The van der Waals surface area contributed by atoms with Crippen molar-refractivity contribution in [3.8, 4) is 0 Å². The third-order valence-corrected chi connectivity index (χ3v) is 3.94. The second kappa shape index (κ2) is 6.31. The summed E-state index contributed by atoms with van der Waals surface area (Å²) in [6, 6.07) is -0.265. The fourth-order valence-electron chi connectivity index (χ4n) is 2.47. The Morgan fingerprint density at radius 3 is 2.21 bits per heavy atom. The molecule has 1 heterocycles. The molecule has 0 bridgehead atoms. The molecule has 1 fully saturated rings. The van der Waals surface area contributed by atoms with E-state index in [2.05, 4.69) is 0 Å². The number of Topliss-reactive ketones (excluding diaryl/α,β-unsaturated/α-hetero) is 1. The number of hydrogen-bond donors (Lipinski definition) is 0. The van der Waals surface area contributed by atoms with Crippen LogP contribution in [-0.2, 0) is 14.4 Å². The summed E-state index contributed by atoms with van der Waals surface area (Å²) in [4.78, 5) is 37.5. The average Bonchev–Trinajstić information content (AvgIpc) is 2.62. The van der Waals surface area contributed by atoms with Crippen molar-refractivity contribution in [3.05, 3.63) is 0 Å². The lowest BCUT2D eigenvalue weighted by Crippen LogP contribution is -2.42. The smallest absolute Gasteiger partial charge is 0.233 e. The molecule has 0 saturated carbocycles. The quantitative estimate of drug-likeness (QED) is 0.694. The van der Waals surface area contributed by atoms with E-state index in [1.54, 1.807) is 0 Å². The maximum Gasteiger partial charge on any atom is 0.233 e. The SMILES string of the molecule is CCC(CC(=O)C(C)C)N1C(=O)CC(C(C)C)C1=O. The first-order valence-corrected chi connectivity index (χ1v) is 7.18. The number of amides is 2. The molecule has 0 aliphatic carbocycles. The molecule has 1 aliphatic rings. The third kappa shape index (κ3) is 3.43. The van der Waals surface area contributed by atoms with Crippen LogP contribution in [0.4, 0.5) is 0 Å². The molecule has 0 N–H and O–H groups in total. The lowest BCUT2D eigenvalue weighted by atomic mass is 9.94. The van der Waals surface area contributed by atoms with Crippen LogP contribution in [0.5, 0.6) is 0 Å². The summed E-state index contributed by atoms with van der Waals surface area (Å²) in [5.74, 6) is -0.200. The van der Waals surface area contributed by atoms with Crippen LogP contribution in [0.3, 0.4) is 0 Å². The van der Waals surface area contributed by atoms with Crippen LogP contribution in [0.15, 0.2) is 0 Å². The first-order chi connectivity index (χ1) is 8.79. The van der Waals surface area contributed by atoms with Gasteiger partial charge >= 0.3 is 0 Å². The van der Waals surface area contributed by atoms with Gasteiger partial charge in [-0.2, -0.15) is 0 Å². The summed E-state index contributed by atoms with van der Waals surface area (Å²) in [5, 5.41) is 0. The summed E-state index contributed by atoms with van der Waals surface area (Å²) >= 11 is 0. The van der Waals surface area contributed by atoms with Crippen molar-refractivity contribution in [1.82, 2.24) is 4.90 Å². The number of nitrogens with zero attached hydrogens (tertiary/aromatic N) is 1. The minimum atomic E-state index is -0.265. The van der Waals surface area contributed by atoms with Gasteiger partial charge in [0, 0.05) is 30.7 Å². The number of hydrogen-bond acceptors (Lipinski definition) is 3.